The number of hydrogen-bond donors (Lipinski definition) is 1. The van der Waals surface area contributed by atoms with Crippen molar-refractivity contribution in [2.45, 2.75) is 33.6 Å². The lowest BCUT2D eigenvalue weighted by Gasteiger charge is -2.11. The highest BCUT2D eigenvalue weighted by Crippen LogP contribution is 2.15. The molecule has 0 aliphatic carbocycles. The molecule has 0 aliphatic rings. The molecule has 0 saturated heterocycles. The van der Waals surface area contributed by atoms with Crippen molar-refractivity contribution in [1.29, 1.82) is 0 Å². The summed E-state index contributed by atoms with van der Waals surface area (Å²) in [4.78, 5) is 12.1. The Morgan fingerprint density at radius 2 is 2.00 bits per heavy atom. The zero-order valence-electron chi connectivity index (χ0n) is 11.1. The summed E-state index contributed by atoms with van der Waals surface area (Å²) in [6, 6.07) is 7.99. The lowest BCUT2D eigenvalue weighted by molar-refractivity contribution is 0.0925. The van der Waals surface area contributed by atoms with Crippen molar-refractivity contribution >= 4 is 5.78 Å². The zero-order valence-corrected chi connectivity index (χ0v) is 11.1. The van der Waals surface area contributed by atoms with Gasteiger partial charge in [0, 0.05) is 11.5 Å². The molecule has 1 aromatic carbocycles. The maximum Gasteiger partial charge on any atom is 0.165 e. The van der Waals surface area contributed by atoms with Crippen LogP contribution in [0.5, 0.6) is 0 Å². The zero-order chi connectivity index (χ0) is 12.8. The molecule has 1 aromatic rings. The lowest BCUT2D eigenvalue weighted by atomic mass is 9.93. The van der Waals surface area contributed by atoms with Gasteiger partial charge in [-0.05, 0) is 36.9 Å². The van der Waals surface area contributed by atoms with Gasteiger partial charge >= 0.3 is 0 Å². The molecule has 0 fully saturated rings. The molecule has 0 aliphatic heterocycles. The molecule has 17 heavy (non-hydrogen) atoms. The highest BCUT2D eigenvalue weighted by molar-refractivity contribution is 5.97. The Bertz CT molecular complexity index is 371. The number of nitrogens with two attached hydrogens (primary N) is 1. The summed E-state index contributed by atoms with van der Waals surface area (Å²) < 4.78 is 0. The average molecular weight is 233 g/mol. The van der Waals surface area contributed by atoms with Crippen LogP contribution in [-0.4, -0.2) is 12.3 Å². The molecule has 0 saturated carbocycles. The Morgan fingerprint density at radius 1 is 1.29 bits per heavy atom. The normalized spacial score (nSPS) is 12.8. The van der Waals surface area contributed by atoms with Gasteiger partial charge in [0.1, 0.15) is 0 Å². The Labute approximate surface area is 104 Å². The van der Waals surface area contributed by atoms with Gasteiger partial charge in [-0.15, -0.1) is 0 Å². The van der Waals surface area contributed by atoms with E-state index in [4.69, 9.17) is 5.73 Å². The average Bonchev–Trinajstić information content (AvgIpc) is 2.28. The second-order valence-electron chi connectivity index (χ2n) is 5.14. The van der Waals surface area contributed by atoms with E-state index in [0.717, 1.165) is 18.4 Å². The number of ketones is 1. The molecule has 0 heterocycles. The van der Waals surface area contributed by atoms with E-state index in [1.165, 1.54) is 5.56 Å². The van der Waals surface area contributed by atoms with Gasteiger partial charge < -0.3 is 5.73 Å². The third-order valence-electron chi connectivity index (χ3n) is 2.90. The van der Waals surface area contributed by atoms with Gasteiger partial charge in [-0.3, -0.25) is 4.79 Å². The summed E-state index contributed by atoms with van der Waals surface area (Å²) in [6.45, 7) is 6.89. The second-order valence-corrected chi connectivity index (χ2v) is 5.14. The van der Waals surface area contributed by atoms with Crippen LogP contribution in [0.25, 0.3) is 0 Å². The molecule has 1 atom stereocenters. The monoisotopic (exact) mass is 233 g/mol. The van der Waals surface area contributed by atoms with Crippen molar-refractivity contribution in [2.24, 2.45) is 17.6 Å². The molecule has 0 radical (unpaired) electrons. The van der Waals surface area contributed by atoms with E-state index in [2.05, 4.69) is 19.9 Å². The van der Waals surface area contributed by atoms with E-state index in [9.17, 15) is 4.79 Å². The summed E-state index contributed by atoms with van der Waals surface area (Å²) in [5, 5.41) is 0. The smallest absolute Gasteiger partial charge is 0.165 e. The molecule has 2 heteroatoms. The van der Waals surface area contributed by atoms with Gasteiger partial charge in [-0.25, -0.2) is 0 Å². The highest BCUT2D eigenvalue weighted by Gasteiger charge is 2.14. The van der Waals surface area contributed by atoms with Crippen LogP contribution in [0.3, 0.4) is 0 Å². The van der Waals surface area contributed by atoms with Crippen molar-refractivity contribution in [3.63, 3.8) is 0 Å². The van der Waals surface area contributed by atoms with Gasteiger partial charge in [0.15, 0.2) is 5.78 Å². The molecule has 0 amide bonds. The van der Waals surface area contributed by atoms with Gasteiger partial charge in [0.2, 0.25) is 0 Å². The van der Waals surface area contributed by atoms with Gasteiger partial charge in [-0.1, -0.05) is 39.0 Å². The maximum atomic E-state index is 12.1. The number of benzene rings is 1. The molecule has 1 rings (SSSR count). The van der Waals surface area contributed by atoms with Crippen LogP contribution in [0.4, 0.5) is 0 Å². The van der Waals surface area contributed by atoms with Crippen LogP contribution in [0, 0.1) is 11.8 Å². The number of rotatable bonds is 6. The summed E-state index contributed by atoms with van der Waals surface area (Å²) in [5.41, 5.74) is 7.55. The minimum Gasteiger partial charge on any atom is -0.330 e. The van der Waals surface area contributed by atoms with Crippen LogP contribution < -0.4 is 5.73 Å². The minimum absolute atomic E-state index is 0.0225. The highest BCUT2D eigenvalue weighted by atomic mass is 16.1. The van der Waals surface area contributed by atoms with E-state index in [0.29, 0.717) is 12.5 Å². The lowest BCUT2D eigenvalue weighted by Crippen LogP contribution is -2.15. The third kappa shape index (κ3) is 4.31. The fourth-order valence-electron chi connectivity index (χ4n) is 1.99. The molecular formula is C15H23NO. The van der Waals surface area contributed by atoms with Crippen molar-refractivity contribution < 1.29 is 4.79 Å². The van der Waals surface area contributed by atoms with E-state index >= 15 is 0 Å². The predicted octanol–water partition coefficient (Wildman–Crippen LogP) is 3.05. The summed E-state index contributed by atoms with van der Waals surface area (Å²) in [7, 11) is 0. The number of Topliss-reactive ketones (excluding diaryl/α,β-unsaturated/α-hetero) is 1. The number of carbonyl (C=O) groups is 1. The topological polar surface area (TPSA) is 43.1 Å². The molecule has 94 valence electrons. The number of carbonyl (C=O) groups excluding carboxylic acids is 1. The number of hydrogen-bond acceptors (Lipinski definition) is 2. The van der Waals surface area contributed by atoms with Crippen molar-refractivity contribution in [2.75, 3.05) is 6.54 Å². The van der Waals surface area contributed by atoms with Gasteiger partial charge in [0.25, 0.3) is 0 Å². The Kier molecular flexibility index (Phi) is 5.36. The summed E-state index contributed by atoms with van der Waals surface area (Å²) in [6.07, 6.45) is 1.78. The standard InChI is InChI=1S/C15H23NO/c1-11(2)9-13-5-4-6-14(10-13)15(17)12(3)7-8-16/h4-6,10-12H,7-9,16H2,1-3H3. The van der Waals surface area contributed by atoms with Gasteiger partial charge in [0.05, 0.1) is 0 Å². The van der Waals surface area contributed by atoms with Crippen molar-refractivity contribution in [3.05, 3.63) is 35.4 Å². The first kappa shape index (κ1) is 13.9. The van der Waals surface area contributed by atoms with Crippen LogP contribution in [-0.2, 0) is 6.42 Å². The molecule has 1 unspecified atom stereocenters. The molecule has 0 spiro atoms. The maximum absolute atomic E-state index is 12.1. The van der Waals surface area contributed by atoms with Crippen LogP contribution >= 0.6 is 0 Å². The fraction of sp³-hybridized carbons (Fsp3) is 0.533. The largest absolute Gasteiger partial charge is 0.330 e. The molecule has 2 N–H and O–H groups in total. The molecular weight excluding hydrogens is 210 g/mol. The fourth-order valence-corrected chi connectivity index (χ4v) is 1.99. The summed E-state index contributed by atoms with van der Waals surface area (Å²) in [5.74, 6) is 0.845. The first-order valence-corrected chi connectivity index (χ1v) is 6.37. The Balaban J connectivity index is 2.80. The van der Waals surface area contributed by atoms with E-state index in [1.54, 1.807) is 0 Å². The SMILES string of the molecule is CC(C)Cc1cccc(C(=O)C(C)CCN)c1. The third-order valence-corrected chi connectivity index (χ3v) is 2.90. The van der Waals surface area contributed by atoms with E-state index < -0.39 is 0 Å². The first-order chi connectivity index (χ1) is 8.04. The summed E-state index contributed by atoms with van der Waals surface area (Å²) >= 11 is 0. The second kappa shape index (κ2) is 6.55. The van der Waals surface area contributed by atoms with Gasteiger partial charge in [-0.2, -0.15) is 0 Å². The Hall–Kier alpha value is -1.15. The quantitative estimate of drug-likeness (QED) is 0.767. The van der Waals surface area contributed by atoms with Crippen LogP contribution in [0.2, 0.25) is 0 Å². The minimum atomic E-state index is 0.0225. The first-order valence-electron chi connectivity index (χ1n) is 6.37. The molecule has 2 nitrogen and oxygen atoms in total. The molecule has 0 bridgehead atoms. The van der Waals surface area contributed by atoms with E-state index in [1.807, 2.05) is 25.1 Å². The van der Waals surface area contributed by atoms with E-state index in [-0.39, 0.29) is 11.7 Å². The predicted molar refractivity (Wildman–Crippen MR) is 72.1 cm³/mol. The van der Waals surface area contributed by atoms with Crippen LogP contribution in [0.1, 0.15) is 43.1 Å². The van der Waals surface area contributed by atoms with Crippen LogP contribution in [0.15, 0.2) is 24.3 Å². The molecule has 0 aromatic heterocycles. The van der Waals surface area contributed by atoms with Crippen molar-refractivity contribution in [3.8, 4) is 0 Å². The Morgan fingerprint density at radius 3 is 2.59 bits per heavy atom. The van der Waals surface area contributed by atoms with Crippen molar-refractivity contribution in [1.82, 2.24) is 0 Å².